The van der Waals surface area contributed by atoms with Gasteiger partial charge in [-0.15, -0.1) is 0 Å². The van der Waals surface area contributed by atoms with Crippen molar-refractivity contribution in [3.8, 4) is 12.0 Å². The lowest BCUT2D eigenvalue weighted by molar-refractivity contribution is 0.547. The second-order valence-electron chi connectivity index (χ2n) is 4.96. The molecule has 0 aliphatic carbocycles. The van der Waals surface area contributed by atoms with E-state index < -0.39 is 10.0 Å². The maximum atomic E-state index is 12.5. The highest BCUT2D eigenvalue weighted by Gasteiger charge is 2.17. The molecular weight excluding hydrogens is 330 g/mol. The molecule has 0 saturated heterocycles. The van der Waals surface area contributed by atoms with Gasteiger partial charge in [-0.05, 0) is 48.7 Å². The van der Waals surface area contributed by atoms with Gasteiger partial charge in [-0.1, -0.05) is 42.0 Å². The van der Waals surface area contributed by atoms with E-state index in [1.54, 1.807) is 48.5 Å². The van der Waals surface area contributed by atoms with Crippen molar-refractivity contribution in [3.05, 3.63) is 70.8 Å². The van der Waals surface area contributed by atoms with E-state index >= 15 is 0 Å². The monoisotopic (exact) mass is 345 g/mol. The fourth-order valence-corrected chi connectivity index (χ4v) is 3.03. The average molecular weight is 346 g/mol. The molecule has 0 bridgehead atoms. The van der Waals surface area contributed by atoms with Gasteiger partial charge in [-0.25, -0.2) is 12.7 Å². The van der Waals surface area contributed by atoms with Crippen molar-refractivity contribution in [2.24, 2.45) is 0 Å². The van der Waals surface area contributed by atoms with Crippen molar-refractivity contribution in [3.63, 3.8) is 0 Å². The quantitative estimate of drug-likeness (QED) is 0.624. The first-order valence-electron chi connectivity index (χ1n) is 6.84. The fourth-order valence-electron chi connectivity index (χ4n) is 1.88. The van der Waals surface area contributed by atoms with Crippen molar-refractivity contribution in [1.82, 2.24) is 4.31 Å². The highest BCUT2D eigenvalue weighted by atomic mass is 35.5. The Morgan fingerprint density at radius 1 is 1.17 bits per heavy atom. The molecule has 2 aromatic rings. The summed E-state index contributed by atoms with van der Waals surface area (Å²) >= 11 is 5.92. The molecule has 118 valence electrons. The number of benzene rings is 2. The normalized spacial score (nSPS) is 10.6. The number of sulfonamides is 1. The van der Waals surface area contributed by atoms with Crippen LogP contribution in [0.15, 0.2) is 53.9 Å². The largest absolute Gasteiger partial charge is 0.270 e. The molecule has 2 aromatic carbocycles. The Kier molecular flexibility index (Phi) is 5.15. The van der Waals surface area contributed by atoms with Crippen LogP contribution in [0.1, 0.15) is 16.7 Å². The number of rotatable bonds is 3. The van der Waals surface area contributed by atoms with Crippen LogP contribution in [-0.2, 0) is 10.0 Å². The number of halogens is 1. The Labute approximate surface area is 142 Å². The summed E-state index contributed by atoms with van der Waals surface area (Å²) in [5.41, 5.74) is 2.41. The van der Waals surface area contributed by atoms with Gasteiger partial charge in [0.15, 0.2) is 0 Å². The van der Waals surface area contributed by atoms with Crippen LogP contribution in [0.2, 0.25) is 5.02 Å². The summed E-state index contributed by atoms with van der Waals surface area (Å²) in [5.74, 6) is 2.85. The SMILES string of the molecule is C=Cc1cc(Cl)ccc1C#CN(C)S(=O)(=O)c1ccc(C)cc1. The maximum absolute atomic E-state index is 12.5. The van der Waals surface area contributed by atoms with Crippen LogP contribution < -0.4 is 0 Å². The van der Waals surface area contributed by atoms with E-state index in [-0.39, 0.29) is 4.90 Å². The molecule has 2 rings (SSSR count). The number of nitrogens with zero attached hydrogens (tertiary/aromatic N) is 1. The third kappa shape index (κ3) is 3.95. The van der Waals surface area contributed by atoms with Gasteiger partial charge in [0.1, 0.15) is 0 Å². The number of hydrogen-bond acceptors (Lipinski definition) is 2. The second-order valence-corrected chi connectivity index (χ2v) is 7.36. The molecule has 0 fully saturated rings. The maximum Gasteiger partial charge on any atom is 0.270 e. The van der Waals surface area contributed by atoms with Crippen LogP contribution in [-0.4, -0.2) is 19.8 Å². The van der Waals surface area contributed by atoms with Gasteiger partial charge < -0.3 is 0 Å². The first-order chi connectivity index (χ1) is 10.8. The molecule has 0 spiro atoms. The summed E-state index contributed by atoms with van der Waals surface area (Å²) in [7, 11) is -2.22. The molecular formula is C18H16ClNO2S. The van der Waals surface area contributed by atoms with E-state index in [9.17, 15) is 8.42 Å². The van der Waals surface area contributed by atoms with Gasteiger partial charge in [-0.2, -0.15) is 0 Å². The Morgan fingerprint density at radius 3 is 2.43 bits per heavy atom. The number of aryl methyl sites for hydroxylation is 1. The Balaban J connectivity index is 2.34. The summed E-state index contributed by atoms with van der Waals surface area (Å²) in [4.78, 5) is 0.208. The van der Waals surface area contributed by atoms with Gasteiger partial charge in [-0.3, -0.25) is 0 Å². The molecule has 0 heterocycles. The molecule has 0 aliphatic heterocycles. The molecule has 0 aliphatic rings. The first kappa shape index (κ1) is 17.1. The summed E-state index contributed by atoms with van der Waals surface area (Å²) in [5, 5.41) is 0.575. The standard InChI is InChI=1S/C18H16ClNO2S/c1-4-15-13-17(19)8-7-16(15)11-12-20(3)23(21,22)18-9-5-14(2)6-10-18/h4-10,13H,1H2,2-3H3. The molecule has 0 atom stereocenters. The third-order valence-corrected chi connectivity index (χ3v) is 5.18. The Hall–Kier alpha value is -2.22. The molecule has 3 nitrogen and oxygen atoms in total. The van der Waals surface area contributed by atoms with Crippen LogP contribution in [0.25, 0.3) is 6.08 Å². The van der Waals surface area contributed by atoms with Gasteiger partial charge in [0.05, 0.1) is 4.90 Å². The van der Waals surface area contributed by atoms with E-state index in [0.29, 0.717) is 10.6 Å². The van der Waals surface area contributed by atoms with Gasteiger partial charge >= 0.3 is 0 Å². The predicted octanol–water partition coefficient (Wildman–Crippen LogP) is 3.92. The summed E-state index contributed by atoms with van der Waals surface area (Å²) in [6.07, 6.45) is 1.63. The van der Waals surface area contributed by atoms with Crippen molar-refractivity contribution < 1.29 is 8.42 Å². The zero-order valence-electron chi connectivity index (χ0n) is 12.9. The van der Waals surface area contributed by atoms with E-state index in [1.807, 2.05) is 6.92 Å². The molecule has 0 saturated carbocycles. The lowest BCUT2D eigenvalue weighted by atomic mass is 10.1. The average Bonchev–Trinajstić information content (AvgIpc) is 2.53. The van der Waals surface area contributed by atoms with E-state index in [2.05, 4.69) is 18.5 Å². The Morgan fingerprint density at radius 2 is 1.83 bits per heavy atom. The molecule has 0 radical (unpaired) electrons. The van der Waals surface area contributed by atoms with Crippen LogP contribution in [0.3, 0.4) is 0 Å². The summed E-state index contributed by atoms with van der Waals surface area (Å²) in [6, 6.07) is 14.5. The first-order valence-corrected chi connectivity index (χ1v) is 8.65. The molecule has 0 N–H and O–H groups in total. The smallest absolute Gasteiger partial charge is 0.227 e. The summed E-state index contributed by atoms with van der Waals surface area (Å²) in [6.45, 7) is 5.61. The summed E-state index contributed by atoms with van der Waals surface area (Å²) < 4.78 is 25.9. The van der Waals surface area contributed by atoms with Crippen LogP contribution in [0, 0.1) is 18.9 Å². The highest BCUT2D eigenvalue weighted by molar-refractivity contribution is 7.89. The van der Waals surface area contributed by atoms with E-state index in [0.717, 1.165) is 15.4 Å². The topological polar surface area (TPSA) is 37.4 Å². The zero-order chi connectivity index (χ0) is 17.0. The minimum absolute atomic E-state index is 0.208. The lowest BCUT2D eigenvalue weighted by Gasteiger charge is -2.12. The third-order valence-electron chi connectivity index (χ3n) is 3.26. The van der Waals surface area contributed by atoms with Crippen LogP contribution >= 0.6 is 11.6 Å². The van der Waals surface area contributed by atoms with E-state index in [4.69, 9.17) is 11.6 Å². The minimum Gasteiger partial charge on any atom is -0.227 e. The van der Waals surface area contributed by atoms with Gasteiger partial charge in [0.2, 0.25) is 0 Å². The van der Waals surface area contributed by atoms with E-state index in [1.165, 1.54) is 7.05 Å². The van der Waals surface area contributed by atoms with Gasteiger partial charge in [0.25, 0.3) is 10.0 Å². The molecule has 5 heteroatoms. The lowest BCUT2D eigenvalue weighted by Crippen LogP contribution is -2.22. The fraction of sp³-hybridized carbons (Fsp3) is 0.111. The van der Waals surface area contributed by atoms with Crippen molar-refractivity contribution in [2.45, 2.75) is 11.8 Å². The second kappa shape index (κ2) is 6.91. The van der Waals surface area contributed by atoms with Crippen LogP contribution in [0.5, 0.6) is 0 Å². The van der Waals surface area contributed by atoms with Gasteiger partial charge in [0, 0.05) is 23.7 Å². The van der Waals surface area contributed by atoms with Crippen molar-refractivity contribution >= 4 is 27.7 Å². The molecule has 0 amide bonds. The Bertz CT molecular complexity index is 891. The predicted molar refractivity (Wildman–Crippen MR) is 94.5 cm³/mol. The highest BCUT2D eigenvalue weighted by Crippen LogP contribution is 2.17. The molecule has 0 aromatic heterocycles. The minimum atomic E-state index is -3.65. The van der Waals surface area contributed by atoms with Crippen molar-refractivity contribution in [2.75, 3.05) is 7.05 Å². The molecule has 23 heavy (non-hydrogen) atoms. The van der Waals surface area contributed by atoms with Crippen LogP contribution in [0.4, 0.5) is 0 Å². The van der Waals surface area contributed by atoms with Crippen molar-refractivity contribution in [1.29, 1.82) is 0 Å². The zero-order valence-corrected chi connectivity index (χ0v) is 14.4. The molecule has 0 unspecified atom stereocenters. The number of hydrogen-bond donors (Lipinski definition) is 0.